The van der Waals surface area contributed by atoms with Crippen molar-refractivity contribution in [3.63, 3.8) is 0 Å². The lowest BCUT2D eigenvalue weighted by Crippen LogP contribution is -2.49. The molecule has 1 aromatic carbocycles. The number of ether oxygens (including phenoxy) is 1. The monoisotopic (exact) mass is 348 g/mol. The molecule has 1 N–H and O–H groups in total. The molecule has 1 unspecified atom stereocenters. The second-order valence-corrected chi connectivity index (χ2v) is 6.26. The number of hydrogen-bond donors (Lipinski definition) is 1. The summed E-state index contributed by atoms with van der Waals surface area (Å²) in [5.74, 6) is -0.811. The minimum atomic E-state index is -0.805. The van der Waals surface area contributed by atoms with Gasteiger partial charge in [0.05, 0.1) is 6.54 Å². The number of likely N-dealkylation sites (tertiary alicyclic amines) is 1. The summed E-state index contributed by atoms with van der Waals surface area (Å²) < 4.78 is 5.71. The van der Waals surface area contributed by atoms with Gasteiger partial charge in [0.25, 0.3) is 5.91 Å². The van der Waals surface area contributed by atoms with Crippen LogP contribution in [0.1, 0.15) is 38.4 Å². The number of piperidine rings is 1. The number of likely N-dealkylation sites (N-methyl/N-ethyl adjacent to an activating group) is 1. The predicted molar refractivity (Wildman–Crippen MR) is 95.3 cm³/mol. The minimum Gasteiger partial charge on any atom is -0.480 e. The molecule has 0 aromatic heterocycles. The number of amides is 1. The molecule has 0 saturated carbocycles. The van der Waals surface area contributed by atoms with Crippen LogP contribution in [0, 0.1) is 0 Å². The van der Waals surface area contributed by atoms with E-state index in [9.17, 15) is 9.59 Å². The maximum absolute atomic E-state index is 12.9. The zero-order valence-electron chi connectivity index (χ0n) is 15.1. The number of carbonyl (C=O) groups excluding carboxylic acids is 1. The molecule has 1 aromatic rings. The van der Waals surface area contributed by atoms with E-state index >= 15 is 0 Å². The number of hydrogen-bond acceptors (Lipinski definition) is 4. The van der Waals surface area contributed by atoms with E-state index in [4.69, 9.17) is 9.84 Å². The third-order valence-corrected chi connectivity index (χ3v) is 4.70. The highest BCUT2D eigenvalue weighted by molar-refractivity contribution is 5.82. The molecule has 1 saturated heterocycles. The Morgan fingerprint density at radius 2 is 1.88 bits per heavy atom. The van der Waals surface area contributed by atoms with Gasteiger partial charge < -0.3 is 14.7 Å². The Kier molecular flexibility index (Phi) is 7.40. The standard InChI is InChI=1S/C19H28N2O4/c1-3-20(14-17(22)23)16-10-12-21(13-11-16)19(24)18(25-4-2)15-8-6-5-7-9-15/h5-9,16,18H,3-4,10-14H2,1-2H3,(H,22,23). The second kappa shape index (κ2) is 9.53. The third-order valence-electron chi connectivity index (χ3n) is 4.70. The van der Waals surface area contributed by atoms with Crippen molar-refractivity contribution in [3.05, 3.63) is 35.9 Å². The third kappa shape index (κ3) is 5.28. The molecular formula is C19H28N2O4. The van der Waals surface area contributed by atoms with E-state index in [1.807, 2.05) is 54.0 Å². The Bertz CT molecular complexity index is 556. The summed E-state index contributed by atoms with van der Waals surface area (Å²) in [6.07, 6.45) is 1.02. The maximum atomic E-state index is 12.9. The average Bonchev–Trinajstić information content (AvgIpc) is 2.64. The van der Waals surface area contributed by atoms with Crippen molar-refractivity contribution in [2.75, 3.05) is 32.8 Å². The van der Waals surface area contributed by atoms with Crippen molar-refractivity contribution < 1.29 is 19.4 Å². The molecular weight excluding hydrogens is 320 g/mol. The van der Waals surface area contributed by atoms with Crippen LogP contribution < -0.4 is 0 Å². The van der Waals surface area contributed by atoms with Gasteiger partial charge >= 0.3 is 5.97 Å². The van der Waals surface area contributed by atoms with E-state index in [1.165, 1.54) is 0 Å². The fourth-order valence-corrected chi connectivity index (χ4v) is 3.39. The molecule has 1 heterocycles. The molecule has 138 valence electrons. The molecule has 2 rings (SSSR count). The van der Waals surface area contributed by atoms with Gasteiger partial charge in [0.1, 0.15) is 0 Å². The van der Waals surface area contributed by atoms with E-state index in [1.54, 1.807) is 0 Å². The van der Waals surface area contributed by atoms with Gasteiger partial charge in [0.15, 0.2) is 6.10 Å². The fraction of sp³-hybridized carbons (Fsp3) is 0.579. The summed E-state index contributed by atoms with van der Waals surface area (Å²) in [6.45, 7) is 6.37. The fourth-order valence-electron chi connectivity index (χ4n) is 3.39. The Balaban J connectivity index is 1.98. The predicted octanol–water partition coefficient (Wildman–Crippen LogP) is 2.16. The minimum absolute atomic E-state index is 0.00668. The van der Waals surface area contributed by atoms with Gasteiger partial charge in [-0.2, -0.15) is 0 Å². The normalized spacial score (nSPS) is 16.8. The van der Waals surface area contributed by atoms with Crippen LogP contribution in [0.25, 0.3) is 0 Å². The molecule has 1 atom stereocenters. The van der Waals surface area contributed by atoms with Crippen LogP contribution in [0.15, 0.2) is 30.3 Å². The van der Waals surface area contributed by atoms with E-state index < -0.39 is 12.1 Å². The Morgan fingerprint density at radius 1 is 1.24 bits per heavy atom. The highest BCUT2D eigenvalue weighted by Crippen LogP contribution is 2.24. The molecule has 0 bridgehead atoms. The summed E-state index contributed by atoms with van der Waals surface area (Å²) in [5.41, 5.74) is 0.873. The van der Waals surface area contributed by atoms with Crippen molar-refractivity contribution in [1.29, 1.82) is 0 Å². The van der Waals surface area contributed by atoms with Crippen molar-refractivity contribution in [2.45, 2.75) is 38.8 Å². The first-order valence-corrected chi connectivity index (χ1v) is 8.98. The maximum Gasteiger partial charge on any atom is 0.317 e. The molecule has 25 heavy (non-hydrogen) atoms. The van der Waals surface area contributed by atoms with Gasteiger partial charge in [-0.05, 0) is 31.9 Å². The number of aliphatic carboxylic acids is 1. The zero-order chi connectivity index (χ0) is 18.2. The molecule has 1 aliphatic heterocycles. The van der Waals surface area contributed by atoms with Crippen LogP contribution in [-0.2, 0) is 14.3 Å². The summed E-state index contributed by atoms with van der Waals surface area (Å²) in [6, 6.07) is 9.78. The van der Waals surface area contributed by atoms with Crippen LogP contribution in [0.4, 0.5) is 0 Å². The second-order valence-electron chi connectivity index (χ2n) is 6.26. The van der Waals surface area contributed by atoms with Gasteiger partial charge in [-0.3, -0.25) is 14.5 Å². The first kappa shape index (κ1) is 19.4. The topological polar surface area (TPSA) is 70.1 Å². The lowest BCUT2D eigenvalue weighted by Gasteiger charge is -2.38. The lowest BCUT2D eigenvalue weighted by atomic mass is 10.0. The van der Waals surface area contributed by atoms with Gasteiger partial charge in [0, 0.05) is 25.7 Å². The summed E-state index contributed by atoms with van der Waals surface area (Å²) in [5, 5.41) is 9.02. The van der Waals surface area contributed by atoms with Crippen molar-refractivity contribution in [2.24, 2.45) is 0 Å². The number of carboxylic acids is 1. The van der Waals surface area contributed by atoms with E-state index in [0.29, 0.717) is 26.2 Å². The first-order valence-electron chi connectivity index (χ1n) is 8.98. The van der Waals surface area contributed by atoms with Gasteiger partial charge in [-0.1, -0.05) is 37.3 Å². The molecule has 6 heteroatoms. The van der Waals surface area contributed by atoms with Gasteiger partial charge in [-0.15, -0.1) is 0 Å². The summed E-state index contributed by atoms with van der Waals surface area (Å²) in [4.78, 5) is 27.7. The van der Waals surface area contributed by atoms with Crippen molar-refractivity contribution in [1.82, 2.24) is 9.80 Å². The lowest BCUT2D eigenvalue weighted by molar-refractivity contribution is -0.146. The Labute approximate surface area is 149 Å². The van der Waals surface area contributed by atoms with Crippen molar-refractivity contribution >= 4 is 11.9 Å². The van der Waals surface area contributed by atoms with Gasteiger partial charge in [-0.25, -0.2) is 0 Å². The molecule has 0 aliphatic carbocycles. The number of carbonyl (C=O) groups is 2. The molecule has 0 radical (unpaired) electrons. The number of nitrogens with zero attached hydrogens (tertiary/aromatic N) is 2. The Morgan fingerprint density at radius 3 is 2.40 bits per heavy atom. The highest BCUT2D eigenvalue weighted by Gasteiger charge is 2.31. The molecule has 1 fully saturated rings. The van der Waals surface area contributed by atoms with E-state index in [0.717, 1.165) is 18.4 Å². The summed E-state index contributed by atoms with van der Waals surface area (Å²) in [7, 11) is 0. The van der Waals surface area contributed by atoms with E-state index in [2.05, 4.69) is 0 Å². The van der Waals surface area contributed by atoms with Crippen LogP contribution in [0.2, 0.25) is 0 Å². The SMILES string of the molecule is CCOC(C(=O)N1CCC(N(CC)CC(=O)O)CC1)c1ccccc1. The number of rotatable bonds is 8. The zero-order valence-corrected chi connectivity index (χ0v) is 15.1. The van der Waals surface area contributed by atoms with Crippen molar-refractivity contribution in [3.8, 4) is 0 Å². The average molecular weight is 348 g/mol. The van der Waals surface area contributed by atoms with Gasteiger partial charge in [0.2, 0.25) is 0 Å². The molecule has 1 aliphatic rings. The largest absolute Gasteiger partial charge is 0.480 e. The summed E-state index contributed by atoms with van der Waals surface area (Å²) >= 11 is 0. The highest BCUT2D eigenvalue weighted by atomic mass is 16.5. The quantitative estimate of drug-likeness (QED) is 0.780. The van der Waals surface area contributed by atoms with E-state index in [-0.39, 0.29) is 18.5 Å². The molecule has 6 nitrogen and oxygen atoms in total. The smallest absolute Gasteiger partial charge is 0.317 e. The van der Waals surface area contributed by atoms with Crippen LogP contribution in [0.5, 0.6) is 0 Å². The molecule has 0 spiro atoms. The first-order chi connectivity index (χ1) is 12.1. The number of carboxylic acid groups (broad SMARTS) is 1. The van der Waals surface area contributed by atoms with Crippen LogP contribution >= 0.6 is 0 Å². The number of benzene rings is 1. The Hall–Kier alpha value is -1.92. The van der Waals surface area contributed by atoms with Crippen LogP contribution in [-0.4, -0.2) is 65.6 Å². The van der Waals surface area contributed by atoms with Crippen LogP contribution in [0.3, 0.4) is 0 Å². The molecule has 1 amide bonds.